The van der Waals surface area contributed by atoms with E-state index in [1.54, 1.807) is 19.1 Å². The highest BCUT2D eigenvalue weighted by Gasteiger charge is 2.33. The second kappa shape index (κ2) is 13.9. The number of hydrogen-bond acceptors (Lipinski definition) is 4. The van der Waals surface area contributed by atoms with Crippen LogP contribution in [-0.2, 0) is 26.2 Å². The normalized spacial score (nSPS) is 12.2. The van der Waals surface area contributed by atoms with Crippen molar-refractivity contribution in [3.63, 3.8) is 0 Å². The summed E-state index contributed by atoms with van der Waals surface area (Å²) in [6.45, 7) is 7.33. The molecule has 0 aliphatic rings. The Morgan fingerprint density at radius 2 is 1.57 bits per heavy atom. The fourth-order valence-electron chi connectivity index (χ4n) is 3.85. The second-order valence-electron chi connectivity index (χ2n) is 9.88. The van der Waals surface area contributed by atoms with Crippen LogP contribution < -0.4 is 9.62 Å². The van der Waals surface area contributed by atoms with E-state index in [1.807, 2.05) is 45.0 Å². The Kier molecular flexibility index (Phi) is 11.1. The van der Waals surface area contributed by atoms with Gasteiger partial charge in [-0.3, -0.25) is 13.9 Å². The lowest BCUT2D eigenvalue weighted by Crippen LogP contribution is -2.51. The van der Waals surface area contributed by atoms with Crippen LogP contribution in [0.3, 0.4) is 0 Å². The van der Waals surface area contributed by atoms with Gasteiger partial charge in [-0.05, 0) is 67.8 Å². The molecule has 0 spiro atoms. The lowest BCUT2D eigenvalue weighted by molar-refractivity contribution is -0.139. The summed E-state index contributed by atoms with van der Waals surface area (Å²) in [6.07, 6.45) is 0. The Labute approximate surface area is 254 Å². The highest BCUT2D eigenvalue weighted by Crippen LogP contribution is 2.33. The van der Waals surface area contributed by atoms with Crippen LogP contribution in [0.1, 0.15) is 31.9 Å². The van der Waals surface area contributed by atoms with Crippen LogP contribution >= 0.6 is 39.1 Å². The van der Waals surface area contributed by atoms with Crippen molar-refractivity contribution >= 4 is 66.7 Å². The predicted octanol–water partition coefficient (Wildman–Crippen LogP) is 6.45. The zero-order chi connectivity index (χ0) is 29.6. The van der Waals surface area contributed by atoms with E-state index < -0.39 is 28.5 Å². The number of hydrogen-bond donors (Lipinski definition) is 1. The standard InChI is InChI=1S/C29H32BrCl2N3O4S/c1-19(2)16-33-29(37)21(4)34(17-22-7-9-23(30)10-8-22)28(36)18-35(27-15-24(31)11-14-26(27)32)40(38,39)25-12-5-20(3)6-13-25/h5-15,19,21H,16-18H2,1-4H3,(H,33,37). The number of rotatable bonds is 11. The van der Waals surface area contributed by atoms with Crippen molar-refractivity contribution in [1.29, 1.82) is 0 Å². The molecule has 40 heavy (non-hydrogen) atoms. The van der Waals surface area contributed by atoms with Crippen molar-refractivity contribution in [2.45, 2.75) is 45.2 Å². The van der Waals surface area contributed by atoms with Crippen molar-refractivity contribution in [3.8, 4) is 0 Å². The molecule has 0 aromatic heterocycles. The first-order valence-electron chi connectivity index (χ1n) is 12.7. The third-order valence-electron chi connectivity index (χ3n) is 6.18. The molecule has 1 N–H and O–H groups in total. The molecule has 3 aromatic carbocycles. The molecule has 0 aliphatic heterocycles. The molecule has 7 nitrogen and oxygen atoms in total. The number of nitrogens with one attached hydrogen (secondary N) is 1. The average molecular weight is 669 g/mol. The number of sulfonamides is 1. The first-order chi connectivity index (χ1) is 18.8. The van der Waals surface area contributed by atoms with E-state index in [2.05, 4.69) is 21.2 Å². The molecule has 0 bridgehead atoms. The maximum absolute atomic E-state index is 14.0. The summed E-state index contributed by atoms with van der Waals surface area (Å²) in [7, 11) is -4.25. The molecular formula is C29H32BrCl2N3O4S. The van der Waals surface area contributed by atoms with Crippen molar-refractivity contribution in [3.05, 3.63) is 92.4 Å². The highest BCUT2D eigenvalue weighted by molar-refractivity contribution is 9.10. The molecule has 0 radical (unpaired) electrons. The van der Waals surface area contributed by atoms with Crippen LogP contribution in [-0.4, -0.2) is 44.3 Å². The Hall–Kier alpha value is -2.59. The van der Waals surface area contributed by atoms with Crippen LogP contribution in [0, 0.1) is 12.8 Å². The zero-order valence-corrected chi connectivity index (χ0v) is 26.6. The summed E-state index contributed by atoms with van der Waals surface area (Å²) in [5.41, 5.74) is 1.71. The summed E-state index contributed by atoms with van der Waals surface area (Å²) >= 11 is 16.1. The fourth-order valence-corrected chi connectivity index (χ4v) is 5.97. The minimum atomic E-state index is -4.25. The Balaban J connectivity index is 2.05. The molecule has 11 heteroatoms. The molecule has 0 heterocycles. The van der Waals surface area contributed by atoms with E-state index in [9.17, 15) is 18.0 Å². The number of carbonyl (C=O) groups excluding carboxylic acids is 2. The van der Waals surface area contributed by atoms with Gasteiger partial charge in [0.2, 0.25) is 11.8 Å². The van der Waals surface area contributed by atoms with E-state index in [-0.39, 0.29) is 39.0 Å². The highest BCUT2D eigenvalue weighted by atomic mass is 79.9. The number of nitrogens with zero attached hydrogens (tertiary/aromatic N) is 2. The molecule has 2 amide bonds. The van der Waals surface area contributed by atoms with E-state index in [0.717, 1.165) is 19.9 Å². The number of benzene rings is 3. The average Bonchev–Trinajstić information content (AvgIpc) is 2.91. The van der Waals surface area contributed by atoms with E-state index in [1.165, 1.54) is 35.2 Å². The van der Waals surface area contributed by atoms with Gasteiger partial charge in [-0.2, -0.15) is 0 Å². The van der Waals surface area contributed by atoms with E-state index >= 15 is 0 Å². The van der Waals surface area contributed by atoms with Gasteiger partial charge in [0, 0.05) is 22.6 Å². The van der Waals surface area contributed by atoms with Gasteiger partial charge in [-0.15, -0.1) is 0 Å². The first kappa shape index (κ1) is 31.9. The molecule has 1 unspecified atom stereocenters. The smallest absolute Gasteiger partial charge is 0.264 e. The van der Waals surface area contributed by atoms with Gasteiger partial charge >= 0.3 is 0 Å². The summed E-state index contributed by atoms with van der Waals surface area (Å²) in [5, 5.41) is 3.22. The zero-order valence-electron chi connectivity index (χ0n) is 22.7. The lowest BCUT2D eigenvalue weighted by Gasteiger charge is -2.32. The minimum absolute atomic E-state index is 0.0101. The molecule has 0 fully saturated rings. The minimum Gasteiger partial charge on any atom is -0.354 e. The molecule has 0 aliphatic carbocycles. The van der Waals surface area contributed by atoms with Crippen molar-refractivity contribution < 1.29 is 18.0 Å². The molecule has 0 saturated heterocycles. The number of carbonyl (C=O) groups is 2. The van der Waals surface area contributed by atoms with Gasteiger partial charge < -0.3 is 10.2 Å². The third kappa shape index (κ3) is 8.22. The number of anilines is 1. The lowest BCUT2D eigenvalue weighted by atomic mass is 10.1. The Morgan fingerprint density at radius 1 is 0.950 bits per heavy atom. The molecule has 3 aromatic rings. The summed E-state index contributed by atoms with van der Waals surface area (Å²) in [6, 6.07) is 17.2. The molecular weight excluding hydrogens is 637 g/mol. The van der Waals surface area contributed by atoms with E-state index in [0.29, 0.717) is 6.54 Å². The molecule has 1 atom stereocenters. The van der Waals surface area contributed by atoms with Crippen LogP contribution in [0.4, 0.5) is 5.69 Å². The predicted molar refractivity (Wildman–Crippen MR) is 164 cm³/mol. The molecule has 0 saturated carbocycles. The molecule has 3 rings (SSSR count). The number of amides is 2. The SMILES string of the molecule is Cc1ccc(S(=O)(=O)N(CC(=O)N(Cc2ccc(Br)cc2)C(C)C(=O)NCC(C)C)c2cc(Cl)ccc2Cl)cc1. The Morgan fingerprint density at radius 3 is 2.17 bits per heavy atom. The van der Waals surface area contributed by atoms with Gasteiger partial charge in [-0.25, -0.2) is 8.42 Å². The maximum atomic E-state index is 14.0. The second-order valence-corrected chi connectivity index (χ2v) is 13.5. The topological polar surface area (TPSA) is 86.8 Å². The largest absolute Gasteiger partial charge is 0.354 e. The van der Waals surface area contributed by atoms with Crippen LogP contribution in [0.15, 0.2) is 76.1 Å². The molecule has 214 valence electrons. The van der Waals surface area contributed by atoms with Gasteiger partial charge in [0.15, 0.2) is 0 Å². The summed E-state index contributed by atoms with van der Waals surface area (Å²) < 4.78 is 29.6. The first-order valence-corrected chi connectivity index (χ1v) is 15.6. The van der Waals surface area contributed by atoms with Crippen molar-refractivity contribution in [2.24, 2.45) is 5.92 Å². The van der Waals surface area contributed by atoms with Gasteiger partial charge in [0.05, 0.1) is 15.6 Å². The Bertz CT molecular complexity index is 1450. The van der Waals surface area contributed by atoms with E-state index in [4.69, 9.17) is 23.2 Å². The van der Waals surface area contributed by atoms with Crippen LogP contribution in [0.25, 0.3) is 0 Å². The van der Waals surface area contributed by atoms with Crippen LogP contribution in [0.5, 0.6) is 0 Å². The van der Waals surface area contributed by atoms with Crippen molar-refractivity contribution in [2.75, 3.05) is 17.4 Å². The van der Waals surface area contributed by atoms with Crippen molar-refractivity contribution in [1.82, 2.24) is 10.2 Å². The number of aryl methyl sites for hydroxylation is 1. The summed E-state index contributed by atoms with van der Waals surface area (Å²) in [4.78, 5) is 28.4. The quantitative estimate of drug-likeness (QED) is 0.255. The summed E-state index contributed by atoms with van der Waals surface area (Å²) in [5.74, 6) is -0.707. The van der Waals surface area contributed by atoms with Gasteiger partial charge in [0.1, 0.15) is 12.6 Å². The monoisotopic (exact) mass is 667 g/mol. The third-order valence-corrected chi connectivity index (χ3v) is 9.04. The van der Waals surface area contributed by atoms with Crippen LogP contribution in [0.2, 0.25) is 10.0 Å². The van der Waals surface area contributed by atoms with Gasteiger partial charge in [-0.1, -0.05) is 82.8 Å². The fraction of sp³-hybridized carbons (Fsp3) is 0.310. The number of halogens is 3. The van der Waals surface area contributed by atoms with Gasteiger partial charge in [0.25, 0.3) is 10.0 Å². The maximum Gasteiger partial charge on any atom is 0.264 e.